The van der Waals surface area contributed by atoms with E-state index in [0.717, 1.165) is 18.8 Å². The van der Waals surface area contributed by atoms with Gasteiger partial charge in [-0.2, -0.15) is 0 Å². The molecule has 1 aliphatic rings. The lowest BCUT2D eigenvalue weighted by molar-refractivity contribution is 0.360. The van der Waals surface area contributed by atoms with Crippen molar-refractivity contribution >= 4 is 0 Å². The maximum atomic E-state index is 5.79. The third kappa shape index (κ3) is 1.61. The summed E-state index contributed by atoms with van der Waals surface area (Å²) < 4.78 is 10.2. The highest BCUT2D eigenvalue weighted by Gasteiger charge is 2.30. The minimum atomic E-state index is 0.0983. The van der Waals surface area contributed by atoms with Gasteiger partial charge in [-0.15, -0.1) is 0 Å². The summed E-state index contributed by atoms with van der Waals surface area (Å²) in [6, 6.07) is 3.90. The standard InChI is InChI=1S/C8H11NO2/c9-7(8-5-11-8)4-6-2-1-3-10-6/h1-3,7-8H,4-5,9H2. The van der Waals surface area contributed by atoms with E-state index in [2.05, 4.69) is 0 Å². The van der Waals surface area contributed by atoms with Crippen LogP contribution in [0.2, 0.25) is 0 Å². The molecule has 60 valence electrons. The Morgan fingerprint density at radius 2 is 2.55 bits per heavy atom. The van der Waals surface area contributed by atoms with Crippen molar-refractivity contribution in [3.63, 3.8) is 0 Å². The van der Waals surface area contributed by atoms with Gasteiger partial charge in [-0.3, -0.25) is 0 Å². The van der Waals surface area contributed by atoms with E-state index in [1.54, 1.807) is 6.26 Å². The van der Waals surface area contributed by atoms with Crippen molar-refractivity contribution in [2.75, 3.05) is 6.61 Å². The fourth-order valence-corrected chi connectivity index (χ4v) is 1.10. The molecule has 0 aliphatic carbocycles. The molecule has 1 aliphatic heterocycles. The van der Waals surface area contributed by atoms with Gasteiger partial charge in [-0.1, -0.05) is 0 Å². The summed E-state index contributed by atoms with van der Waals surface area (Å²) in [6.45, 7) is 0.807. The van der Waals surface area contributed by atoms with E-state index in [1.165, 1.54) is 0 Å². The Balaban J connectivity index is 1.89. The van der Waals surface area contributed by atoms with Crippen LogP contribution in [0.3, 0.4) is 0 Å². The summed E-state index contributed by atoms with van der Waals surface area (Å²) in [5.41, 5.74) is 5.79. The molecule has 3 nitrogen and oxygen atoms in total. The number of ether oxygens (including phenoxy) is 1. The van der Waals surface area contributed by atoms with Crippen LogP contribution < -0.4 is 5.73 Å². The highest BCUT2D eigenvalue weighted by atomic mass is 16.6. The van der Waals surface area contributed by atoms with Crippen molar-refractivity contribution in [3.8, 4) is 0 Å². The molecule has 11 heavy (non-hydrogen) atoms. The highest BCUT2D eigenvalue weighted by Crippen LogP contribution is 2.16. The zero-order valence-electron chi connectivity index (χ0n) is 6.19. The number of epoxide rings is 1. The molecule has 3 heteroatoms. The van der Waals surface area contributed by atoms with Crippen molar-refractivity contribution < 1.29 is 9.15 Å². The molecule has 2 rings (SSSR count). The van der Waals surface area contributed by atoms with Crippen LogP contribution in [-0.4, -0.2) is 18.8 Å². The Morgan fingerprint density at radius 1 is 1.73 bits per heavy atom. The van der Waals surface area contributed by atoms with E-state index in [0.29, 0.717) is 0 Å². The Labute approximate surface area is 65.1 Å². The average Bonchev–Trinajstić information content (AvgIpc) is 2.73. The third-order valence-electron chi connectivity index (χ3n) is 1.85. The van der Waals surface area contributed by atoms with Crippen molar-refractivity contribution in [1.29, 1.82) is 0 Å². The lowest BCUT2D eigenvalue weighted by Crippen LogP contribution is -2.28. The predicted molar refractivity (Wildman–Crippen MR) is 40.1 cm³/mol. The largest absolute Gasteiger partial charge is 0.469 e. The van der Waals surface area contributed by atoms with E-state index < -0.39 is 0 Å². The van der Waals surface area contributed by atoms with Crippen LogP contribution in [0.5, 0.6) is 0 Å². The molecule has 1 saturated heterocycles. The lowest BCUT2D eigenvalue weighted by Gasteiger charge is -2.03. The maximum absolute atomic E-state index is 5.79. The van der Waals surface area contributed by atoms with E-state index in [1.807, 2.05) is 12.1 Å². The molecule has 0 saturated carbocycles. The molecular formula is C8H11NO2. The summed E-state index contributed by atoms with van der Waals surface area (Å²) in [4.78, 5) is 0. The van der Waals surface area contributed by atoms with Crippen LogP contribution >= 0.6 is 0 Å². The van der Waals surface area contributed by atoms with Gasteiger partial charge in [0.15, 0.2) is 0 Å². The normalized spacial score (nSPS) is 25.0. The van der Waals surface area contributed by atoms with Gasteiger partial charge in [0, 0.05) is 12.5 Å². The highest BCUT2D eigenvalue weighted by molar-refractivity contribution is 5.02. The third-order valence-corrected chi connectivity index (χ3v) is 1.85. The molecule has 1 aromatic rings. The van der Waals surface area contributed by atoms with E-state index >= 15 is 0 Å². The van der Waals surface area contributed by atoms with Crippen LogP contribution in [-0.2, 0) is 11.2 Å². The number of nitrogens with two attached hydrogens (primary N) is 1. The number of rotatable bonds is 3. The average molecular weight is 153 g/mol. The second-order valence-electron chi connectivity index (χ2n) is 2.82. The first kappa shape index (κ1) is 6.88. The smallest absolute Gasteiger partial charge is 0.105 e. The molecule has 2 N–H and O–H groups in total. The SMILES string of the molecule is NC(Cc1ccco1)C1CO1. The molecule has 2 unspecified atom stereocenters. The molecular weight excluding hydrogens is 142 g/mol. The quantitative estimate of drug-likeness (QED) is 0.645. The Hall–Kier alpha value is -0.800. The summed E-state index contributed by atoms with van der Waals surface area (Å²) in [7, 11) is 0. The molecule has 2 atom stereocenters. The zero-order chi connectivity index (χ0) is 7.68. The summed E-state index contributed by atoms with van der Waals surface area (Å²) >= 11 is 0. The van der Waals surface area contributed by atoms with E-state index in [4.69, 9.17) is 14.9 Å². The van der Waals surface area contributed by atoms with E-state index in [-0.39, 0.29) is 12.1 Å². The first-order chi connectivity index (χ1) is 5.36. The van der Waals surface area contributed by atoms with Crippen LogP contribution in [0, 0.1) is 0 Å². The summed E-state index contributed by atoms with van der Waals surface area (Å²) in [5.74, 6) is 0.938. The fraction of sp³-hybridized carbons (Fsp3) is 0.500. The van der Waals surface area contributed by atoms with Crippen LogP contribution in [0.15, 0.2) is 22.8 Å². The Kier molecular flexibility index (Phi) is 1.68. The maximum Gasteiger partial charge on any atom is 0.105 e. The van der Waals surface area contributed by atoms with Gasteiger partial charge in [0.1, 0.15) is 5.76 Å². The van der Waals surface area contributed by atoms with Gasteiger partial charge in [-0.05, 0) is 12.1 Å². The molecule has 1 aromatic heterocycles. The Morgan fingerprint density at radius 3 is 3.09 bits per heavy atom. The number of hydrogen-bond donors (Lipinski definition) is 1. The van der Waals surface area contributed by atoms with E-state index in [9.17, 15) is 0 Å². The topological polar surface area (TPSA) is 51.7 Å². The van der Waals surface area contributed by atoms with Gasteiger partial charge in [-0.25, -0.2) is 0 Å². The molecule has 0 bridgehead atoms. The predicted octanol–water partition coefficient (Wildman–Crippen LogP) is 0.548. The number of hydrogen-bond acceptors (Lipinski definition) is 3. The van der Waals surface area contributed by atoms with Gasteiger partial charge in [0.25, 0.3) is 0 Å². The molecule has 0 amide bonds. The first-order valence-corrected chi connectivity index (χ1v) is 3.76. The molecule has 0 aromatic carbocycles. The minimum Gasteiger partial charge on any atom is -0.469 e. The van der Waals surface area contributed by atoms with Crippen molar-refractivity contribution in [2.24, 2.45) is 5.73 Å². The summed E-state index contributed by atoms with van der Waals surface area (Å²) in [5, 5.41) is 0. The van der Waals surface area contributed by atoms with Gasteiger partial charge in [0.05, 0.1) is 19.0 Å². The van der Waals surface area contributed by atoms with Crippen LogP contribution in [0.1, 0.15) is 5.76 Å². The zero-order valence-corrected chi connectivity index (χ0v) is 6.19. The van der Waals surface area contributed by atoms with Crippen LogP contribution in [0.4, 0.5) is 0 Å². The number of furan rings is 1. The molecule has 0 radical (unpaired) electrons. The van der Waals surface area contributed by atoms with Crippen molar-refractivity contribution in [3.05, 3.63) is 24.2 Å². The van der Waals surface area contributed by atoms with Crippen LogP contribution in [0.25, 0.3) is 0 Å². The van der Waals surface area contributed by atoms with Crippen molar-refractivity contribution in [1.82, 2.24) is 0 Å². The molecule has 2 heterocycles. The lowest BCUT2D eigenvalue weighted by atomic mass is 10.1. The fourth-order valence-electron chi connectivity index (χ4n) is 1.10. The molecule has 0 spiro atoms. The minimum absolute atomic E-state index is 0.0983. The van der Waals surface area contributed by atoms with Gasteiger partial charge in [0.2, 0.25) is 0 Å². The van der Waals surface area contributed by atoms with Crippen molar-refractivity contribution in [2.45, 2.75) is 18.6 Å². The van der Waals surface area contributed by atoms with Gasteiger partial charge < -0.3 is 14.9 Å². The second-order valence-corrected chi connectivity index (χ2v) is 2.82. The monoisotopic (exact) mass is 153 g/mol. The molecule has 1 fully saturated rings. The second kappa shape index (κ2) is 2.68. The Bertz CT molecular complexity index is 216. The summed E-state index contributed by atoms with van der Waals surface area (Å²) in [6.07, 6.45) is 2.70. The van der Waals surface area contributed by atoms with Gasteiger partial charge >= 0.3 is 0 Å². The first-order valence-electron chi connectivity index (χ1n) is 3.76.